The number of aromatic nitrogens is 2. The van der Waals surface area contributed by atoms with Crippen LogP contribution in [0, 0.1) is 10.6 Å². The molecule has 0 saturated carbocycles. The number of carbonyl (C=O) groups is 1. The molecule has 31 heavy (non-hydrogen) atoms. The second-order valence-corrected chi connectivity index (χ2v) is 8.51. The molecule has 4 rings (SSSR count). The number of allylic oxidation sites excluding steroid dienone is 1. The van der Waals surface area contributed by atoms with Crippen molar-refractivity contribution in [1.29, 1.82) is 0 Å². The highest BCUT2D eigenvalue weighted by atomic mass is 32.1. The summed E-state index contributed by atoms with van der Waals surface area (Å²) in [5.74, 6) is -0.233. The number of fused-ring (bicyclic) bond motifs is 1. The molecule has 1 aromatic heterocycles. The van der Waals surface area contributed by atoms with Crippen LogP contribution < -0.4 is 0 Å². The lowest BCUT2D eigenvalue weighted by atomic mass is 10.0. The Kier molecular flexibility index (Phi) is 6.78. The number of imidazole rings is 1. The first-order chi connectivity index (χ1) is 15.1. The van der Waals surface area contributed by atoms with Gasteiger partial charge in [-0.05, 0) is 74.4 Å². The molecule has 0 unspecified atom stereocenters. The molecule has 0 radical (unpaired) electrons. The molecule has 4 nitrogen and oxygen atoms in total. The van der Waals surface area contributed by atoms with Crippen molar-refractivity contribution in [1.82, 2.24) is 14.0 Å². The van der Waals surface area contributed by atoms with Crippen molar-refractivity contribution in [3.63, 3.8) is 0 Å². The Bertz CT molecular complexity index is 1120. The summed E-state index contributed by atoms with van der Waals surface area (Å²) in [6.07, 6.45) is 5.29. The van der Waals surface area contributed by atoms with Gasteiger partial charge >= 0.3 is 0 Å². The first-order valence-corrected chi connectivity index (χ1v) is 11.3. The van der Waals surface area contributed by atoms with Crippen molar-refractivity contribution in [2.75, 3.05) is 19.6 Å². The third-order valence-electron chi connectivity index (χ3n) is 6.15. The van der Waals surface area contributed by atoms with Crippen molar-refractivity contribution in [2.24, 2.45) is 0 Å². The predicted molar refractivity (Wildman–Crippen MR) is 126 cm³/mol. The zero-order valence-electron chi connectivity index (χ0n) is 17.7. The van der Waals surface area contributed by atoms with Crippen molar-refractivity contribution in [2.45, 2.75) is 38.3 Å². The zero-order chi connectivity index (χ0) is 21.8. The van der Waals surface area contributed by atoms with Gasteiger partial charge in [-0.15, -0.1) is 6.58 Å². The SMILES string of the molecule is C=CCn1c(=S)n(C2CCN(CCCC(=O)c3ccc(F)cc3)CC2)c2ccccc21. The minimum absolute atomic E-state index is 0.0798. The first kappa shape index (κ1) is 21.7. The smallest absolute Gasteiger partial charge is 0.181 e. The van der Waals surface area contributed by atoms with E-state index in [4.69, 9.17) is 12.2 Å². The fraction of sp³-hybridized carbons (Fsp3) is 0.360. The van der Waals surface area contributed by atoms with Gasteiger partial charge in [0.2, 0.25) is 0 Å². The lowest BCUT2D eigenvalue weighted by Crippen LogP contribution is -2.35. The van der Waals surface area contributed by atoms with Crippen LogP contribution in [0.4, 0.5) is 4.39 Å². The van der Waals surface area contributed by atoms with Crippen LogP contribution in [0.1, 0.15) is 42.1 Å². The quantitative estimate of drug-likeness (QED) is 0.254. The molecule has 1 fully saturated rings. The maximum atomic E-state index is 13.0. The van der Waals surface area contributed by atoms with Crippen LogP contribution in [0.15, 0.2) is 61.2 Å². The molecule has 1 aliphatic rings. The Morgan fingerprint density at radius 3 is 2.45 bits per heavy atom. The molecular weight excluding hydrogens is 409 g/mol. The maximum absolute atomic E-state index is 13.0. The van der Waals surface area contributed by atoms with Crippen LogP contribution in [0.5, 0.6) is 0 Å². The summed E-state index contributed by atoms with van der Waals surface area (Å²) in [6.45, 7) is 7.49. The first-order valence-electron chi connectivity index (χ1n) is 10.9. The van der Waals surface area contributed by atoms with E-state index in [2.05, 4.69) is 44.9 Å². The summed E-state index contributed by atoms with van der Waals surface area (Å²) >= 11 is 5.83. The molecule has 0 N–H and O–H groups in total. The minimum atomic E-state index is -0.313. The summed E-state index contributed by atoms with van der Waals surface area (Å²) in [5, 5.41) is 0. The van der Waals surface area contributed by atoms with Gasteiger partial charge in [-0.1, -0.05) is 18.2 Å². The number of halogens is 1. The Morgan fingerprint density at radius 2 is 1.77 bits per heavy atom. The van der Waals surface area contributed by atoms with E-state index in [9.17, 15) is 9.18 Å². The number of hydrogen-bond acceptors (Lipinski definition) is 3. The minimum Gasteiger partial charge on any atom is -0.313 e. The Balaban J connectivity index is 1.34. The number of carbonyl (C=O) groups excluding carboxylic acids is 1. The third kappa shape index (κ3) is 4.70. The standard InChI is InChI=1S/C25H28FN3OS/c1-2-15-28-22-6-3-4-7-23(22)29(25(28)31)21-13-17-27(18-14-21)16-5-8-24(30)19-9-11-20(26)12-10-19/h2-4,6-7,9-12,21H,1,5,8,13-18H2. The average molecular weight is 438 g/mol. The number of rotatable bonds is 8. The van der Waals surface area contributed by atoms with Crippen molar-refractivity contribution in [3.8, 4) is 0 Å². The van der Waals surface area contributed by atoms with E-state index in [-0.39, 0.29) is 11.6 Å². The molecule has 1 aliphatic heterocycles. The monoisotopic (exact) mass is 437 g/mol. The lowest BCUT2D eigenvalue weighted by molar-refractivity contribution is 0.0970. The number of likely N-dealkylation sites (tertiary alicyclic amines) is 1. The van der Waals surface area contributed by atoms with Gasteiger partial charge in [0, 0.05) is 37.7 Å². The van der Waals surface area contributed by atoms with Gasteiger partial charge < -0.3 is 14.0 Å². The van der Waals surface area contributed by atoms with Crippen LogP contribution in [-0.4, -0.2) is 39.5 Å². The summed E-state index contributed by atoms with van der Waals surface area (Å²) in [5.41, 5.74) is 2.94. The highest BCUT2D eigenvalue weighted by Crippen LogP contribution is 2.29. The molecule has 3 aromatic rings. The number of hydrogen-bond donors (Lipinski definition) is 0. The topological polar surface area (TPSA) is 30.2 Å². The van der Waals surface area contributed by atoms with E-state index >= 15 is 0 Å². The van der Waals surface area contributed by atoms with Crippen LogP contribution in [0.3, 0.4) is 0 Å². The van der Waals surface area contributed by atoms with E-state index in [1.54, 1.807) is 12.1 Å². The van der Waals surface area contributed by atoms with Crippen LogP contribution in [0.25, 0.3) is 11.0 Å². The highest BCUT2D eigenvalue weighted by molar-refractivity contribution is 7.71. The Labute approximate surface area is 187 Å². The van der Waals surface area contributed by atoms with E-state index in [1.165, 1.54) is 17.6 Å². The number of nitrogens with zero attached hydrogens (tertiary/aromatic N) is 3. The van der Waals surface area contributed by atoms with Crippen molar-refractivity contribution in [3.05, 3.63) is 77.3 Å². The highest BCUT2D eigenvalue weighted by Gasteiger charge is 2.23. The average Bonchev–Trinajstić information content (AvgIpc) is 3.06. The van der Waals surface area contributed by atoms with Gasteiger partial charge in [0.15, 0.2) is 10.6 Å². The van der Waals surface area contributed by atoms with Gasteiger partial charge in [-0.3, -0.25) is 4.79 Å². The number of benzene rings is 2. The Morgan fingerprint density at radius 1 is 1.10 bits per heavy atom. The van der Waals surface area contributed by atoms with E-state index in [0.717, 1.165) is 49.2 Å². The molecular formula is C25H28FN3OS. The molecule has 0 aliphatic carbocycles. The van der Waals surface area contributed by atoms with Gasteiger partial charge in [-0.2, -0.15) is 0 Å². The summed E-state index contributed by atoms with van der Waals surface area (Å²) in [6, 6.07) is 14.6. The molecule has 1 saturated heterocycles. The van der Waals surface area contributed by atoms with E-state index in [0.29, 0.717) is 24.6 Å². The van der Waals surface area contributed by atoms with Gasteiger partial charge in [0.1, 0.15) is 5.82 Å². The fourth-order valence-electron chi connectivity index (χ4n) is 4.54. The molecule has 0 amide bonds. The van der Waals surface area contributed by atoms with Gasteiger partial charge in [0.25, 0.3) is 0 Å². The van der Waals surface area contributed by atoms with E-state index in [1.807, 2.05) is 6.08 Å². The fourth-order valence-corrected chi connectivity index (χ4v) is 4.96. The summed E-state index contributed by atoms with van der Waals surface area (Å²) < 4.78 is 18.4. The zero-order valence-corrected chi connectivity index (χ0v) is 18.5. The number of para-hydroxylation sites is 2. The normalized spacial score (nSPS) is 15.4. The predicted octanol–water partition coefficient (Wildman–Crippen LogP) is 5.80. The second kappa shape index (κ2) is 9.71. The van der Waals surface area contributed by atoms with Gasteiger partial charge in [0.05, 0.1) is 11.0 Å². The molecule has 2 aromatic carbocycles. The summed E-state index contributed by atoms with van der Waals surface area (Å²) in [4.78, 5) is 14.7. The van der Waals surface area contributed by atoms with Crippen LogP contribution in [0.2, 0.25) is 0 Å². The lowest BCUT2D eigenvalue weighted by Gasteiger charge is -2.32. The Hall–Kier alpha value is -2.57. The molecule has 2 heterocycles. The summed E-state index contributed by atoms with van der Waals surface area (Å²) in [7, 11) is 0. The van der Waals surface area contributed by atoms with E-state index < -0.39 is 0 Å². The second-order valence-electron chi connectivity index (χ2n) is 8.15. The molecule has 162 valence electrons. The molecule has 0 atom stereocenters. The molecule has 6 heteroatoms. The van der Waals surface area contributed by atoms with Crippen LogP contribution in [-0.2, 0) is 6.54 Å². The number of ketones is 1. The van der Waals surface area contributed by atoms with Crippen molar-refractivity contribution >= 4 is 29.0 Å². The number of Topliss-reactive ketones (excluding diaryl/α,β-unsaturated/α-hetero) is 1. The third-order valence-corrected chi connectivity index (χ3v) is 6.56. The molecule has 0 spiro atoms. The maximum Gasteiger partial charge on any atom is 0.181 e. The number of piperidine rings is 1. The molecule has 0 bridgehead atoms. The van der Waals surface area contributed by atoms with Gasteiger partial charge in [-0.25, -0.2) is 4.39 Å². The van der Waals surface area contributed by atoms with Crippen LogP contribution >= 0.6 is 12.2 Å². The largest absolute Gasteiger partial charge is 0.313 e. The van der Waals surface area contributed by atoms with Crippen molar-refractivity contribution < 1.29 is 9.18 Å².